The molecule has 0 saturated heterocycles. The first-order valence-corrected chi connectivity index (χ1v) is 14.0. The molecule has 0 spiro atoms. The second-order valence-electron chi connectivity index (χ2n) is 10.4. The maximum atomic E-state index is 13.7. The summed E-state index contributed by atoms with van der Waals surface area (Å²) < 4.78 is 3.38. The number of nitrogens with one attached hydrogen (secondary N) is 1. The van der Waals surface area contributed by atoms with E-state index >= 15 is 0 Å². The van der Waals surface area contributed by atoms with E-state index < -0.39 is 0 Å². The van der Waals surface area contributed by atoms with E-state index in [-0.39, 0.29) is 23.4 Å². The number of carbonyl (C=O) groups excluding carboxylic acids is 1. The van der Waals surface area contributed by atoms with Crippen molar-refractivity contribution in [2.45, 2.75) is 32.2 Å². The average molecular weight is 565 g/mol. The maximum Gasteiger partial charge on any atom is 0.254 e. The minimum atomic E-state index is -0.358. The van der Waals surface area contributed by atoms with Crippen LogP contribution in [0.1, 0.15) is 37.9 Å². The van der Waals surface area contributed by atoms with E-state index in [1.165, 1.54) is 0 Å². The third kappa shape index (κ3) is 5.30. The first-order chi connectivity index (χ1) is 19.9. The van der Waals surface area contributed by atoms with Gasteiger partial charge in [0.05, 0.1) is 41.3 Å². The fourth-order valence-electron chi connectivity index (χ4n) is 5.47. The van der Waals surface area contributed by atoms with Crippen LogP contribution in [0.2, 0.25) is 5.02 Å². The minimum Gasteiger partial charge on any atom is -0.323 e. The summed E-state index contributed by atoms with van der Waals surface area (Å²) in [6.07, 6.45) is 7.02. The van der Waals surface area contributed by atoms with Crippen molar-refractivity contribution in [3.05, 3.63) is 107 Å². The summed E-state index contributed by atoms with van der Waals surface area (Å²) >= 11 is 6.38. The number of anilines is 1. The number of amides is 1. The van der Waals surface area contributed by atoms with Crippen LogP contribution in [0.4, 0.5) is 5.69 Å². The lowest BCUT2D eigenvalue weighted by molar-refractivity contribution is -0.119. The van der Waals surface area contributed by atoms with Crippen LogP contribution in [0.25, 0.3) is 33.6 Å². The Labute approximate surface area is 242 Å². The van der Waals surface area contributed by atoms with Crippen molar-refractivity contribution in [1.29, 1.82) is 0 Å². The first kappa shape index (κ1) is 26.7. The summed E-state index contributed by atoms with van der Waals surface area (Å²) in [7, 11) is 1.84. The lowest BCUT2D eigenvalue weighted by atomic mass is 9.96. The molecule has 1 amide bonds. The van der Waals surface area contributed by atoms with Gasteiger partial charge in [0.1, 0.15) is 0 Å². The molecule has 1 aliphatic heterocycles. The highest BCUT2D eigenvalue weighted by atomic mass is 35.5. The molecular formula is C32H29ClN6O2. The molecule has 2 unspecified atom stereocenters. The van der Waals surface area contributed by atoms with Gasteiger partial charge in [0.15, 0.2) is 0 Å². The lowest BCUT2D eigenvalue weighted by Gasteiger charge is -2.22. The molecule has 41 heavy (non-hydrogen) atoms. The maximum absolute atomic E-state index is 13.7. The van der Waals surface area contributed by atoms with Gasteiger partial charge in [0, 0.05) is 41.4 Å². The standard InChI is InChI=1S/C32H29ClN6O2/c1-20-7-6-10-29(27-15-22(13-14-34-27)31-28(37-32(20)41)18-36-38(31)2)39-19-35-26(17-30(39)40)25-16-23(33)11-12-24(25)21-8-4-3-5-9-21/h3-5,8-9,11-20,29H,6-7,10H2,1-2H3,(H,37,41). The Kier molecular flexibility index (Phi) is 7.24. The number of rotatable bonds is 3. The van der Waals surface area contributed by atoms with Crippen molar-refractivity contribution in [2.75, 3.05) is 5.32 Å². The second-order valence-corrected chi connectivity index (χ2v) is 10.8. The van der Waals surface area contributed by atoms with Crippen molar-refractivity contribution in [2.24, 2.45) is 13.0 Å². The zero-order valence-corrected chi connectivity index (χ0v) is 23.5. The molecule has 4 heterocycles. The van der Waals surface area contributed by atoms with Crippen molar-refractivity contribution in [3.8, 4) is 33.6 Å². The number of hydrogen-bond donors (Lipinski definition) is 1. The van der Waals surface area contributed by atoms with Crippen LogP contribution in [0.5, 0.6) is 0 Å². The van der Waals surface area contributed by atoms with Gasteiger partial charge in [-0.15, -0.1) is 0 Å². The predicted octanol–water partition coefficient (Wildman–Crippen LogP) is 6.37. The van der Waals surface area contributed by atoms with E-state index in [4.69, 9.17) is 16.6 Å². The molecule has 3 aromatic heterocycles. The van der Waals surface area contributed by atoms with Crippen molar-refractivity contribution < 1.29 is 4.79 Å². The van der Waals surface area contributed by atoms with Gasteiger partial charge in [-0.1, -0.05) is 61.3 Å². The molecule has 206 valence electrons. The quantitative estimate of drug-likeness (QED) is 0.274. The summed E-state index contributed by atoms with van der Waals surface area (Å²) in [6, 6.07) is 20.6. The molecule has 0 saturated carbocycles. The molecule has 2 aromatic carbocycles. The highest BCUT2D eigenvalue weighted by Gasteiger charge is 2.24. The Balaban J connectivity index is 1.44. The number of carbonyl (C=O) groups is 1. The third-order valence-corrected chi connectivity index (χ3v) is 7.90. The smallest absolute Gasteiger partial charge is 0.254 e. The van der Waals surface area contributed by atoms with E-state index in [0.717, 1.165) is 40.1 Å². The van der Waals surface area contributed by atoms with Crippen LogP contribution >= 0.6 is 11.6 Å². The molecule has 5 aromatic rings. The Bertz CT molecular complexity index is 1800. The third-order valence-electron chi connectivity index (χ3n) is 7.67. The van der Waals surface area contributed by atoms with E-state index in [2.05, 4.69) is 15.4 Å². The molecule has 0 fully saturated rings. The first-order valence-electron chi connectivity index (χ1n) is 13.6. The van der Waals surface area contributed by atoms with Gasteiger partial charge in [-0.05, 0) is 48.2 Å². The molecule has 1 aliphatic rings. The zero-order valence-electron chi connectivity index (χ0n) is 22.8. The summed E-state index contributed by atoms with van der Waals surface area (Å²) in [5.41, 5.74) is 6.14. The van der Waals surface area contributed by atoms with E-state index in [0.29, 0.717) is 29.2 Å². The van der Waals surface area contributed by atoms with Crippen molar-refractivity contribution in [3.63, 3.8) is 0 Å². The number of aryl methyl sites for hydroxylation is 1. The molecule has 2 bridgehead atoms. The van der Waals surface area contributed by atoms with Gasteiger partial charge >= 0.3 is 0 Å². The number of halogens is 1. The Morgan fingerprint density at radius 1 is 0.927 bits per heavy atom. The molecule has 1 N–H and O–H groups in total. The van der Waals surface area contributed by atoms with Gasteiger partial charge in [-0.3, -0.25) is 23.8 Å². The number of benzene rings is 2. The fraction of sp³-hybridized carbons (Fsp3) is 0.219. The normalized spacial score (nSPS) is 17.2. The Hall–Kier alpha value is -4.56. The molecular weight excluding hydrogens is 536 g/mol. The molecule has 9 heteroatoms. The number of hydrogen-bond acceptors (Lipinski definition) is 5. The lowest BCUT2D eigenvalue weighted by Crippen LogP contribution is -2.27. The Morgan fingerprint density at radius 3 is 2.56 bits per heavy atom. The van der Waals surface area contributed by atoms with Crippen LogP contribution in [0.3, 0.4) is 0 Å². The van der Waals surface area contributed by atoms with Crippen LogP contribution in [-0.4, -0.2) is 30.2 Å². The zero-order chi connectivity index (χ0) is 28.5. The largest absolute Gasteiger partial charge is 0.323 e. The van der Waals surface area contributed by atoms with Gasteiger partial charge < -0.3 is 5.32 Å². The highest BCUT2D eigenvalue weighted by Crippen LogP contribution is 2.34. The molecule has 8 nitrogen and oxygen atoms in total. The molecule has 0 aliphatic carbocycles. The fourth-order valence-corrected chi connectivity index (χ4v) is 5.64. The van der Waals surface area contributed by atoms with Crippen LogP contribution in [0.15, 0.2) is 90.2 Å². The summed E-state index contributed by atoms with van der Waals surface area (Å²) in [6.45, 7) is 1.92. The number of nitrogens with zero attached hydrogens (tertiary/aromatic N) is 5. The van der Waals surface area contributed by atoms with E-state index in [9.17, 15) is 9.59 Å². The Morgan fingerprint density at radius 2 is 1.76 bits per heavy atom. The average Bonchev–Trinajstić information content (AvgIpc) is 3.34. The van der Waals surface area contributed by atoms with Gasteiger partial charge in [-0.2, -0.15) is 5.10 Å². The van der Waals surface area contributed by atoms with Crippen molar-refractivity contribution in [1.82, 2.24) is 24.3 Å². The second kappa shape index (κ2) is 11.1. The van der Waals surface area contributed by atoms with E-state index in [1.54, 1.807) is 34.0 Å². The number of fused-ring (bicyclic) bond motifs is 4. The van der Waals surface area contributed by atoms with Crippen LogP contribution in [0, 0.1) is 5.92 Å². The molecule has 6 rings (SSSR count). The SMILES string of the molecule is CC1CCCC(n2cnc(-c3cc(Cl)ccc3-c3ccccc3)cc2=O)c2cc(ccn2)-c2c(cnn2C)NC1=O. The molecule has 2 atom stereocenters. The number of aromatic nitrogens is 5. The number of pyridine rings is 1. The minimum absolute atomic E-state index is 0.0513. The highest BCUT2D eigenvalue weighted by molar-refractivity contribution is 6.31. The summed E-state index contributed by atoms with van der Waals surface area (Å²) in [5, 5.41) is 7.98. The van der Waals surface area contributed by atoms with E-state index in [1.807, 2.05) is 74.6 Å². The van der Waals surface area contributed by atoms with Gasteiger partial charge in [-0.25, -0.2) is 4.98 Å². The van der Waals surface area contributed by atoms with Crippen LogP contribution in [-0.2, 0) is 11.8 Å². The van der Waals surface area contributed by atoms with Crippen LogP contribution < -0.4 is 10.9 Å². The summed E-state index contributed by atoms with van der Waals surface area (Å²) in [5.74, 6) is -0.254. The predicted molar refractivity (Wildman–Crippen MR) is 161 cm³/mol. The monoisotopic (exact) mass is 564 g/mol. The topological polar surface area (TPSA) is 94.7 Å². The molecule has 0 radical (unpaired) electrons. The van der Waals surface area contributed by atoms with Gasteiger partial charge in [0.25, 0.3) is 5.56 Å². The van der Waals surface area contributed by atoms with Crippen molar-refractivity contribution >= 4 is 23.2 Å². The summed E-state index contributed by atoms with van der Waals surface area (Å²) in [4.78, 5) is 36.1. The van der Waals surface area contributed by atoms with Gasteiger partial charge in [0.2, 0.25) is 5.91 Å².